The van der Waals surface area contributed by atoms with Crippen LogP contribution in [0.15, 0.2) is 24.3 Å². The van der Waals surface area contributed by atoms with Gasteiger partial charge in [0.2, 0.25) is 0 Å². The molecule has 0 nitrogen and oxygen atoms in total. The summed E-state index contributed by atoms with van der Waals surface area (Å²) in [6.45, 7) is 2.09. The highest BCUT2D eigenvalue weighted by molar-refractivity contribution is 14.1. The van der Waals surface area contributed by atoms with Gasteiger partial charge in [-0.05, 0) is 12.0 Å². The quantitative estimate of drug-likeness (QED) is 0.494. The van der Waals surface area contributed by atoms with Crippen LogP contribution in [0.1, 0.15) is 18.1 Å². The maximum atomic E-state index is 13.3. The van der Waals surface area contributed by atoms with Gasteiger partial charge in [-0.25, -0.2) is 0 Å². The first-order chi connectivity index (χ1) is 5.54. The van der Waals surface area contributed by atoms with E-state index in [-0.39, 0.29) is 0 Å². The normalized spacial score (nSPS) is 15.7. The van der Waals surface area contributed by atoms with Gasteiger partial charge in [0, 0.05) is 28.2 Å². The lowest BCUT2D eigenvalue weighted by Gasteiger charge is -2.03. The van der Waals surface area contributed by atoms with Gasteiger partial charge in [-0.2, -0.15) is 4.39 Å². The maximum absolute atomic E-state index is 13.3. The number of rotatable bonds is 2. The maximum Gasteiger partial charge on any atom is 0.369 e. The van der Waals surface area contributed by atoms with Crippen LogP contribution >= 0.6 is 22.6 Å². The van der Waals surface area contributed by atoms with Crippen molar-refractivity contribution in [2.24, 2.45) is 0 Å². The van der Waals surface area contributed by atoms with Crippen LogP contribution in [0.25, 0.3) is 0 Å². The second-order valence-electron chi connectivity index (χ2n) is 2.57. The predicted molar refractivity (Wildman–Crippen MR) is 54.0 cm³/mol. The van der Waals surface area contributed by atoms with E-state index in [0.717, 1.165) is 12.0 Å². The standard InChI is InChI=1S/C9H10FI2/c1-2-7-3-5-8(6-4-7)9(10,11)12/h3-6,11H,2H2,1H3/q+1. The van der Waals surface area contributed by atoms with Crippen molar-refractivity contribution in [3.05, 3.63) is 35.4 Å². The van der Waals surface area contributed by atoms with E-state index in [2.05, 4.69) is 6.92 Å². The van der Waals surface area contributed by atoms with Gasteiger partial charge in [-0.1, -0.05) is 31.2 Å². The van der Waals surface area contributed by atoms with Crippen LogP contribution < -0.4 is 22.6 Å². The molecule has 0 aliphatic heterocycles. The van der Waals surface area contributed by atoms with E-state index < -0.39 is 1.68 Å². The van der Waals surface area contributed by atoms with Gasteiger partial charge < -0.3 is 0 Å². The number of alkyl halides is 3. The minimum absolute atomic E-state index is 0.741. The lowest BCUT2D eigenvalue weighted by molar-refractivity contribution is -0.480. The number of hydrogen-bond donors (Lipinski definition) is 0. The molecule has 0 spiro atoms. The second kappa shape index (κ2) is 4.21. The molecule has 0 heterocycles. The van der Waals surface area contributed by atoms with E-state index in [4.69, 9.17) is 0 Å². The number of hydrogen-bond acceptors (Lipinski definition) is 0. The summed E-state index contributed by atoms with van der Waals surface area (Å²) in [6, 6.07) is 7.67. The molecule has 12 heavy (non-hydrogen) atoms. The SMILES string of the molecule is CCc1ccc(C(F)(I)[IH+])cc1. The summed E-state index contributed by atoms with van der Waals surface area (Å²) in [7, 11) is 0. The van der Waals surface area contributed by atoms with Crippen molar-refractivity contribution < 1.29 is 27.0 Å². The molecule has 1 unspecified atom stereocenters. The number of benzene rings is 1. The Morgan fingerprint density at radius 1 is 1.42 bits per heavy atom. The largest absolute Gasteiger partial charge is 0.369 e. The van der Waals surface area contributed by atoms with Gasteiger partial charge in [-0.3, -0.25) is 0 Å². The van der Waals surface area contributed by atoms with Gasteiger partial charge in [0.15, 0.2) is 0 Å². The molecule has 1 atom stereocenters. The van der Waals surface area contributed by atoms with E-state index in [0.29, 0.717) is 0 Å². The molecule has 66 valence electrons. The van der Waals surface area contributed by atoms with Gasteiger partial charge in [-0.15, -0.1) is 0 Å². The Bertz CT molecular complexity index is 248. The van der Waals surface area contributed by atoms with Gasteiger partial charge >= 0.3 is 24.3 Å². The first kappa shape index (κ1) is 10.7. The Kier molecular flexibility index (Phi) is 3.75. The highest BCUT2D eigenvalue weighted by Gasteiger charge is 2.33. The van der Waals surface area contributed by atoms with Crippen LogP contribution in [-0.2, 0) is 8.10 Å². The fourth-order valence-corrected chi connectivity index (χ4v) is 1.68. The highest BCUT2D eigenvalue weighted by atomic mass is 127. The van der Waals surface area contributed by atoms with Crippen LogP contribution in [0.3, 0.4) is 0 Å². The molecule has 1 aromatic carbocycles. The van der Waals surface area contributed by atoms with Crippen LogP contribution in [-0.4, -0.2) is 0 Å². The molecule has 0 amide bonds. The Morgan fingerprint density at radius 2 is 1.92 bits per heavy atom. The van der Waals surface area contributed by atoms with Crippen molar-refractivity contribution in [1.29, 1.82) is 0 Å². The molecule has 1 aromatic rings. The zero-order valence-corrected chi connectivity index (χ0v) is 11.2. The van der Waals surface area contributed by atoms with Crippen LogP contribution in [0.5, 0.6) is 0 Å². The molecule has 0 saturated carbocycles. The average molecular weight is 391 g/mol. The second-order valence-corrected chi connectivity index (χ2v) is 7.93. The van der Waals surface area contributed by atoms with Crippen molar-refractivity contribution in [3.8, 4) is 0 Å². The summed E-state index contributed by atoms with van der Waals surface area (Å²) in [5.74, 6) is 0. The zero-order valence-electron chi connectivity index (χ0n) is 6.68. The molecule has 0 radical (unpaired) electrons. The average Bonchev–Trinajstić information content (AvgIpc) is 2.03. The smallest absolute Gasteiger partial charge is 0.173 e. The minimum atomic E-state index is -1.24. The van der Waals surface area contributed by atoms with Gasteiger partial charge in [0.05, 0.1) is 0 Å². The van der Waals surface area contributed by atoms with E-state index in [1.165, 1.54) is 28.2 Å². The highest BCUT2D eigenvalue weighted by Crippen LogP contribution is 2.23. The van der Waals surface area contributed by atoms with Crippen molar-refractivity contribution in [2.45, 2.75) is 15.0 Å². The van der Waals surface area contributed by atoms with E-state index >= 15 is 0 Å². The van der Waals surface area contributed by atoms with Crippen LogP contribution in [0.4, 0.5) is 4.39 Å². The van der Waals surface area contributed by atoms with Crippen molar-refractivity contribution in [3.63, 3.8) is 0 Å². The summed E-state index contributed by atoms with van der Waals surface area (Å²) < 4.78 is 12.1. The predicted octanol–water partition coefficient (Wildman–Crippen LogP) is 0.0494. The molecule has 1 rings (SSSR count). The molecular formula is C9H10FI2+. The lowest BCUT2D eigenvalue weighted by atomic mass is 10.1. The van der Waals surface area contributed by atoms with Gasteiger partial charge in [0.25, 0.3) is 0 Å². The first-order valence-corrected chi connectivity index (χ1v) is 5.96. The van der Waals surface area contributed by atoms with Gasteiger partial charge in [0.1, 0.15) is 0 Å². The summed E-state index contributed by atoms with van der Waals surface area (Å²) in [4.78, 5) is 0. The van der Waals surface area contributed by atoms with E-state index in [1.807, 2.05) is 24.3 Å². The third-order valence-corrected chi connectivity index (χ3v) is 2.99. The monoisotopic (exact) mass is 391 g/mol. The van der Waals surface area contributed by atoms with Crippen molar-refractivity contribution in [1.82, 2.24) is 0 Å². The zero-order chi connectivity index (χ0) is 9.19. The summed E-state index contributed by atoms with van der Waals surface area (Å²) in [5, 5.41) is 0. The first-order valence-electron chi connectivity index (χ1n) is 3.71. The summed E-state index contributed by atoms with van der Waals surface area (Å²) in [6.07, 6.45) is 1.01. The van der Waals surface area contributed by atoms with Crippen molar-refractivity contribution in [2.75, 3.05) is 0 Å². The molecule has 3 heteroatoms. The summed E-state index contributed by atoms with van der Waals surface area (Å²) in [5.41, 5.74) is 1.99. The Morgan fingerprint density at radius 3 is 2.25 bits per heavy atom. The summed E-state index contributed by atoms with van der Waals surface area (Å²) >= 11 is 3.29. The van der Waals surface area contributed by atoms with E-state index in [9.17, 15) is 4.39 Å². The molecule has 0 N–H and O–H groups in total. The van der Waals surface area contributed by atoms with E-state index in [1.54, 1.807) is 22.6 Å². The van der Waals surface area contributed by atoms with Crippen molar-refractivity contribution >= 4 is 22.6 Å². The fraction of sp³-hybridized carbons (Fsp3) is 0.333. The van der Waals surface area contributed by atoms with Crippen LogP contribution in [0.2, 0.25) is 0 Å². The number of halogens is 3. The topological polar surface area (TPSA) is 0 Å². The molecule has 0 aliphatic carbocycles. The third kappa shape index (κ3) is 2.83. The molecule has 0 aromatic heterocycles. The molecule has 0 fully saturated rings. The molecule has 0 saturated heterocycles. The third-order valence-electron chi connectivity index (χ3n) is 1.70. The Balaban J connectivity index is 2.93. The fourth-order valence-electron chi connectivity index (χ4n) is 0.934. The molecule has 0 aliphatic rings. The van der Waals surface area contributed by atoms with Crippen LogP contribution in [0, 0.1) is 0 Å². The Hall–Kier alpha value is 0.610. The minimum Gasteiger partial charge on any atom is -0.173 e. The number of aryl methyl sites for hydroxylation is 1. The molecule has 0 bridgehead atoms. The lowest BCUT2D eigenvalue weighted by Crippen LogP contribution is -3.40. The molecular weight excluding hydrogens is 381 g/mol. The Labute approximate surface area is 99.2 Å².